The third kappa shape index (κ3) is 40.7. The van der Waals surface area contributed by atoms with Crippen molar-refractivity contribution in [2.24, 2.45) is 49.4 Å². The number of phenolic OH excluding ortho intramolecular Hbond substituents is 1. The van der Waals surface area contributed by atoms with Gasteiger partial charge in [0.2, 0.25) is 41.4 Å². The molecule has 0 aliphatic rings. The molecule has 0 fully saturated rings. The number of hydrogen-bond donors (Lipinski definition) is 18. The van der Waals surface area contributed by atoms with Crippen LogP contribution in [-0.2, 0) is 40.0 Å². The molecule has 28 heteroatoms. The highest BCUT2D eigenvalue weighted by atomic mass is 16.3. The van der Waals surface area contributed by atoms with Crippen LogP contribution in [0.25, 0.3) is 0 Å². The van der Waals surface area contributed by atoms with Crippen LogP contribution in [0, 0.1) is 0 Å². The van der Waals surface area contributed by atoms with Gasteiger partial charge in [0, 0.05) is 113 Å². The number of phenols is 1. The van der Waals surface area contributed by atoms with Crippen molar-refractivity contribution in [2.75, 3.05) is 52.9 Å². The van der Waals surface area contributed by atoms with E-state index in [1.807, 2.05) is 6.92 Å². The zero-order chi connectivity index (χ0) is 61.8. The van der Waals surface area contributed by atoms with Crippen molar-refractivity contribution in [3.63, 3.8) is 0 Å². The van der Waals surface area contributed by atoms with Gasteiger partial charge in [0.1, 0.15) is 5.75 Å². The largest absolute Gasteiger partial charge is 0.508 e. The van der Waals surface area contributed by atoms with Crippen LogP contribution in [-0.4, -0.2) is 159 Å². The first-order valence-electron chi connectivity index (χ1n) is 29.7. The van der Waals surface area contributed by atoms with Gasteiger partial charge in [-0.25, -0.2) is 0 Å². The highest BCUT2D eigenvalue weighted by molar-refractivity contribution is 5.84. The number of hydrogen-bond acceptors (Lipinski definition) is 12. The molecule has 1 aromatic carbocycles. The molecule has 1 aromatic rings. The van der Waals surface area contributed by atoms with E-state index in [0.717, 1.165) is 44.2 Å². The van der Waals surface area contributed by atoms with Crippen molar-refractivity contribution < 1.29 is 55.9 Å². The summed E-state index contributed by atoms with van der Waals surface area (Å²) in [4.78, 5) is 107. The average molecular weight is 1180 g/mol. The van der Waals surface area contributed by atoms with Gasteiger partial charge in [-0.15, -0.1) is 0 Å². The van der Waals surface area contributed by atoms with Crippen molar-refractivity contribution in [3.8, 4) is 5.75 Å². The third-order valence-electron chi connectivity index (χ3n) is 13.6. The second kappa shape index (κ2) is 45.5. The molecule has 0 bridgehead atoms. The van der Waals surface area contributed by atoms with Crippen LogP contribution in [0.2, 0.25) is 0 Å². The van der Waals surface area contributed by atoms with Crippen LogP contribution >= 0.6 is 0 Å². The highest BCUT2D eigenvalue weighted by Gasteiger charge is 2.26. The number of carbonyl (C=O) groups excluding carboxylic acids is 7. The SMILES string of the molecule is CN[C@H](CC(=O)NCCC(=O)N[C@@H](CCCN=C(N)N)CC(=O)N[C@@H](CCCC[NH3+])CC(=O)N[C@@H](CCCC[NH3+])CC(=O)N[C@@H](CCCN=C(N)N)CC(=O)N[C@@H](CCCN=C(N)N)CC(=O)N[C@H](C)CCCC[NH3+])Cc1ccc(O)cc1. The number of benzene rings is 1. The number of aromatic hydroxyl groups is 1. The number of nitrogens with one attached hydrogen (secondary N) is 8. The molecule has 472 valence electrons. The maximum Gasteiger partial charge on any atom is 0.222 e. The number of quaternary nitrogens is 3. The number of amides is 7. The van der Waals surface area contributed by atoms with Gasteiger partial charge in [-0.2, -0.15) is 0 Å². The van der Waals surface area contributed by atoms with E-state index >= 15 is 0 Å². The van der Waals surface area contributed by atoms with Gasteiger partial charge >= 0.3 is 0 Å². The molecule has 28 nitrogen and oxygen atoms in total. The van der Waals surface area contributed by atoms with Crippen LogP contribution < -0.4 is 94.1 Å². The van der Waals surface area contributed by atoms with Crippen LogP contribution in [0.15, 0.2) is 39.2 Å². The minimum atomic E-state index is -0.656. The summed E-state index contributed by atoms with van der Waals surface area (Å²) in [7, 11) is 1.76. The minimum absolute atomic E-state index is 0.0261. The Balaban J connectivity index is 3.16. The lowest BCUT2D eigenvalue weighted by Gasteiger charge is -2.25. The predicted octanol–water partition coefficient (Wildman–Crippen LogP) is -4.30. The molecular formula is C55H107N20O8+3. The molecule has 7 amide bonds. The molecule has 30 N–H and O–H groups in total. The number of likely N-dealkylation sites (N-methyl/N-ethyl adjacent to an activating group) is 1. The van der Waals surface area contributed by atoms with Crippen molar-refractivity contribution in [1.29, 1.82) is 0 Å². The van der Waals surface area contributed by atoms with Crippen LogP contribution in [0.4, 0.5) is 0 Å². The van der Waals surface area contributed by atoms with Gasteiger partial charge in [0.15, 0.2) is 17.9 Å². The molecule has 7 atom stereocenters. The topological polar surface area (TPSA) is 512 Å². The summed E-state index contributed by atoms with van der Waals surface area (Å²) >= 11 is 0. The number of rotatable bonds is 48. The maximum absolute atomic E-state index is 13.9. The first-order valence-corrected chi connectivity index (χ1v) is 29.7. The van der Waals surface area contributed by atoms with E-state index < -0.39 is 42.0 Å². The van der Waals surface area contributed by atoms with E-state index in [4.69, 9.17) is 34.4 Å². The normalized spacial score (nSPS) is 13.5. The van der Waals surface area contributed by atoms with E-state index in [2.05, 4.69) is 74.7 Å². The van der Waals surface area contributed by atoms with Gasteiger partial charge < -0.3 is 99.2 Å². The second-order valence-corrected chi connectivity index (χ2v) is 21.4. The zero-order valence-electron chi connectivity index (χ0n) is 49.8. The standard InChI is InChI=1S/C55H104N20O8/c1-37(12-3-6-23-56)70-48(79)31-42(16-10-27-68-54(61)62)74-52(83)35-43(17-11-28-69-55(63)64)75-50(81)33-40(14-5-8-25-58)72-49(80)32-39(13-4-7-24-57)73-51(82)34-41(15-9-26-67-53(59)60)71-46(77)22-29-66-47(78)36-44(65-2)30-38-18-20-45(76)21-19-38/h18-21,37,39-44,65,76H,3-17,22-36,56-58H2,1-2H3,(H,66,78)(H,70,79)(H,71,77)(H,72,80)(H,73,82)(H,74,83)(H,75,81)(H4,59,60,67)(H4,61,62,68)(H4,63,64,69)/p+3/t37-,39+,40+,41+,42+,43+,44+/m1/s1. The van der Waals surface area contributed by atoms with E-state index in [9.17, 15) is 38.7 Å². The maximum atomic E-state index is 13.9. The molecule has 0 saturated carbocycles. The second-order valence-electron chi connectivity index (χ2n) is 21.4. The smallest absolute Gasteiger partial charge is 0.222 e. The zero-order valence-corrected chi connectivity index (χ0v) is 49.8. The molecule has 83 heavy (non-hydrogen) atoms. The quantitative estimate of drug-likeness (QED) is 0.0167. The Kier molecular flexibility index (Phi) is 40.5. The van der Waals surface area contributed by atoms with Gasteiger partial charge in [-0.1, -0.05) is 12.1 Å². The van der Waals surface area contributed by atoms with Crippen molar-refractivity contribution in [1.82, 2.24) is 42.5 Å². The Bertz CT molecular complexity index is 2120. The summed E-state index contributed by atoms with van der Waals surface area (Å²) in [6, 6.07) is 3.50. The summed E-state index contributed by atoms with van der Waals surface area (Å²) in [5.74, 6) is -2.47. The predicted molar refractivity (Wildman–Crippen MR) is 322 cm³/mol. The molecular weight excluding hydrogens is 1070 g/mol. The fourth-order valence-corrected chi connectivity index (χ4v) is 9.30. The lowest BCUT2D eigenvalue weighted by atomic mass is 10.0. The van der Waals surface area contributed by atoms with Gasteiger partial charge in [-0.05, 0) is 134 Å². The van der Waals surface area contributed by atoms with Crippen molar-refractivity contribution in [3.05, 3.63) is 29.8 Å². The van der Waals surface area contributed by atoms with E-state index in [0.29, 0.717) is 90.3 Å². The van der Waals surface area contributed by atoms with Gasteiger partial charge in [0.05, 0.1) is 19.6 Å². The molecule has 0 aliphatic carbocycles. The summed E-state index contributed by atoms with van der Waals surface area (Å²) < 4.78 is 0. The van der Waals surface area contributed by atoms with E-state index in [-0.39, 0.29) is 130 Å². The average Bonchev–Trinajstić information content (AvgIpc) is 3.42. The highest BCUT2D eigenvalue weighted by Crippen LogP contribution is 2.15. The molecule has 0 saturated heterocycles. The molecule has 1 rings (SSSR count). The number of guanidine groups is 3. The molecule has 0 heterocycles. The molecule has 0 aliphatic heterocycles. The van der Waals surface area contributed by atoms with Crippen LogP contribution in [0.1, 0.15) is 154 Å². The Morgan fingerprint density at radius 2 is 0.771 bits per heavy atom. The number of aliphatic imine (C=N–C) groups is 3. The van der Waals surface area contributed by atoms with Gasteiger partial charge in [-0.3, -0.25) is 48.5 Å². The summed E-state index contributed by atoms with van der Waals surface area (Å²) in [6.45, 7) is 4.96. The number of carbonyl (C=O) groups is 7. The monoisotopic (exact) mass is 1180 g/mol. The Hall–Kier alpha value is -7.04. The van der Waals surface area contributed by atoms with Crippen LogP contribution in [0.3, 0.4) is 0 Å². The summed E-state index contributed by atoms with van der Waals surface area (Å²) in [5.41, 5.74) is 46.0. The lowest BCUT2D eigenvalue weighted by molar-refractivity contribution is -0.369. The minimum Gasteiger partial charge on any atom is -0.508 e. The Morgan fingerprint density at radius 1 is 0.446 bits per heavy atom. The van der Waals surface area contributed by atoms with Crippen molar-refractivity contribution >= 4 is 59.2 Å². The van der Waals surface area contributed by atoms with Crippen molar-refractivity contribution in [2.45, 2.75) is 197 Å². The molecule has 0 radical (unpaired) electrons. The Morgan fingerprint density at radius 3 is 1.12 bits per heavy atom. The molecule has 0 spiro atoms. The first kappa shape index (κ1) is 74.0. The third-order valence-corrected chi connectivity index (χ3v) is 13.6. The molecule has 0 aromatic heterocycles. The fraction of sp³-hybridized carbons (Fsp3) is 0.709. The van der Waals surface area contributed by atoms with E-state index in [1.165, 1.54) is 0 Å². The fourth-order valence-electron chi connectivity index (χ4n) is 9.30. The number of nitrogens with zero attached hydrogens (tertiary/aromatic N) is 3. The number of unbranched alkanes of at least 4 members (excludes halogenated alkanes) is 3. The summed E-state index contributed by atoms with van der Waals surface area (Å²) in [6.07, 6.45) is 9.24. The van der Waals surface area contributed by atoms with Crippen LogP contribution in [0.5, 0.6) is 5.75 Å². The van der Waals surface area contributed by atoms with Gasteiger partial charge in [0.25, 0.3) is 0 Å². The summed E-state index contributed by atoms with van der Waals surface area (Å²) in [5, 5.41) is 33.5. The van der Waals surface area contributed by atoms with E-state index in [1.54, 1.807) is 31.3 Å². The lowest BCUT2D eigenvalue weighted by Crippen LogP contribution is -2.50. The first-order chi connectivity index (χ1) is 39.6. The number of nitrogens with two attached hydrogens (primary N) is 6. The molecule has 0 unspecified atom stereocenters. The Labute approximate surface area is 490 Å².